The van der Waals surface area contributed by atoms with E-state index in [2.05, 4.69) is 15.5 Å². The highest BCUT2D eigenvalue weighted by Crippen LogP contribution is 2.08. The summed E-state index contributed by atoms with van der Waals surface area (Å²) in [7, 11) is 0. The molecule has 6 heteroatoms. The number of nitrogens with one attached hydrogen (secondary N) is 2. The first-order chi connectivity index (χ1) is 8.27. The number of nitrogens with zero attached hydrogens (tertiary/aromatic N) is 1. The fourth-order valence-corrected chi connectivity index (χ4v) is 2.00. The van der Waals surface area contributed by atoms with Gasteiger partial charge in [-0.1, -0.05) is 18.2 Å². The van der Waals surface area contributed by atoms with Gasteiger partial charge in [-0.05, 0) is 19.1 Å². The Balaban J connectivity index is 0.00000162. The second-order valence-electron chi connectivity index (χ2n) is 4.32. The molecule has 1 amide bonds. The van der Waals surface area contributed by atoms with E-state index in [4.69, 9.17) is 0 Å². The molecule has 0 bridgehead atoms. The molecule has 0 radical (unpaired) electrons. The summed E-state index contributed by atoms with van der Waals surface area (Å²) in [6.07, 6.45) is 0. The number of rotatable bonds is 3. The smallest absolute Gasteiger partial charge is 0.241 e. The average molecular weight is 306 g/mol. The number of carbonyl (C=O) groups is 1. The zero-order valence-electron chi connectivity index (χ0n) is 11.0. The van der Waals surface area contributed by atoms with Gasteiger partial charge in [0.25, 0.3) is 0 Å². The number of hydrogen-bond acceptors (Lipinski definition) is 3. The third-order valence-electron chi connectivity index (χ3n) is 3.12. The zero-order chi connectivity index (χ0) is 12.1. The quantitative estimate of drug-likeness (QED) is 0.894. The normalized spacial score (nSPS) is 16.7. The lowest BCUT2D eigenvalue weighted by Gasteiger charge is -2.31. The van der Waals surface area contributed by atoms with Crippen molar-refractivity contribution in [1.29, 1.82) is 0 Å². The number of amides is 1. The molecule has 0 aliphatic carbocycles. The van der Waals surface area contributed by atoms with Crippen molar-refractivity contribution in [2.45, 2.75) is 13.0 Å². The van der Waals surface area contributed by atoms with E-state index >= 15 is 0 Å². The molecule has 0 spiro atoms. The van der Waals surface area contributed by atoms with Crippen molar-refractivity contribution in [3.05, 3.63) is 30.3 Å². The number of piperazine rings is 1. The Hall–Kier alpha value is -0.810. The van der Waals surface area contributed by atoms with Crippen LogP contribution in [0.2, 0.25) is 0 Å². The van der Waals surface area contributed by atoms with Crippen molar-refractivity contribution in [3.63, 3.8) is 0 Å². The molecule has 19 heavy (non-hydrogen) atoms. The molecule has 1 atom stereocenters. The van der Waals surface area contributed by atoms with E-state index in [0.29, 0.717) is 0 Å². The summed E-state index contributed by atoms with van der Waals surface area (Å²) >= 11 is 0. The molecule has 4 nitrogen and oxygen atoms in total. The van der Waals surface area contributed by atoms with Crippen LogP contribution in [0.1, 0.15) is 6.92 Å². The van der Waals surface area contributed by atoms with Gasteiger partial charge in [-0.15, -0.1) is 24.8 Å². The minimum Gasteiger partial charge on any atom is -0.325 e. The number of halogens is 2. The van der Waals surface area contributed by atoms with Gasteiger partial charge in [0.15, 0.2) is 0 Å². The van der Waals surface area contributed by atoms with Crippen LogP contribution in [0.5, 0.6) is 0 Å². The van der Waals surface area contributed by atoms with Crippen molar-refractivity contribution in [2.75, 3.05) is 31.5 Å². The molecule has 0 aromatic heterocycles. The summed E-state index contributed by atoms with van der Waals surface area (Å²) in [6.45, 7) is 5.75. The number of hydrogen-bond donors (Lipinski definition) is 2. The van der Waals surface area contributed by atoms with Gasteiger partial charge in [0.05, 0.1) is 6.04 Å². The van der Waals surface area contributed by atoms with E-state index in [1.807, 2.05) is 37.3 Å². The van der Waals surface area contributed by atoms with E-state index in [9.17, 15) is 4.79 Å². The molecule has 1 fully saturated rings. The minimum atomic E-state index is -0.0719. The third kappa shape index (κ3) is 5.37. The van der Waals surface area contributed by atoms with Crippen molar-refractivity contribution in [3.8, 4) is 0 Å². The summed E-state index contributed by atoms with van der Waals surface area (Å²) < 4.78 is 0. The van der Waals surface area contributed by atoms with Gasteiger partial charge in [0, 0.05) is 31.9 Å². The first kappa shape index (κ1) is 18.2. The maximum absolute atomic E-state index is 12.0. The molecule has 0 saturated carbocycles. The Bertz CT molecular complexity index is 369. The Morgan fingerprint density at radius 3 is 2.37 bits per heavy atom. The lowest BCUT2D eigenvalue weighted by Crippen LogP contribution is -2.51. The summed E-state index contributed by atoms with van der Waals surface area (Å²) in [6, 6.07) is 9.52. The number of benzene rings is 1. The summed E-state index contributed by atoms with van der Waals surface area (Å²) in [5.74, 6) is 0.0677. The van der Waals surface area contributed by atoms with Crippen LogP contribution in [0.4, 0.5) is 5.69 Å². The van der Waals surface area contributed by atoms with Crippen LogP contribution in [-0.4, -0.2) is 43.0 Å². The summed E-state index contributed by atoms with van der Waals surface area (Å²) in [5, 5.41) is 6.22. The molecular weight excluding hydrogens is 285 g/mol. The van der Waals surface area contributed by atoms with Crippen LogP contribution in [0.3, 0.4) is 0 Å². The predicted molar refractivity (Wildman–Crippen MR) is 83.5 cm³/mol. The van der Waals surface area contributed by atoms with Gasteiger partial charge in [0.2, 0.25) is 5.91 Å². The van der Waals surface area contributed by atoms with E-state index < -0.39 is 0 Å². The van der Waals surface area contributed by atoms with Crippen LogP contribution in [0.15, 0.2) is 30.3 Å². The molecule has 1 aliphatic heterocycles. The van der Waals surface area contributed by atoms with E-state index in [0.717, 1.165) is 31.9 Å². The third-order valence-corrected chi connectivity index (χ3v) is 3.12. The molecular formula is C13H21Cl2N3O. The standard InChI is InChI=1S/C13H19N3O.2ClH/c1-11(16-9-7-14-8-10-16)13(17)15-12-5-3-2-4-6-12;;/h2-6,11,14H,7-10H2,1H3,(H,15,17);2*1H. The molecule has 2 rings (SSSR count). The van der Waals surface area contributed by atoms with Crippen LogP contribution in [0.25, 0.3) is 0 Å². The second-order valence-corrected chi connectivity index (χ2v) is 4.32. The van der Waals surface area contributed by atoms with Crippen LogP contribution in [0, 0.1) is 0 Å². The van der Waals surface area contributed by atoms with Gasteiger partial charge >= 0.3 is 0 Å². The highest BCUT2D eigenvalue weighted by atomic mass is 35.5. The molecule has 108 valence electrons. The molecule has 1 unspecified atom stereocenters. The Morgan fingerprint density at radius 1 is 1.21 bits per heavy atom. The maximum Gasteiger partial charge on any atom is 0.241 e. The SMILES string of the molecule is CC(C(=O)Nc1ccccc1)N1CCNCC1.Cl.Cl. The Morgan fingerprint density at radius 2 is 1.79 bits per heavy atom. The molecule has 2 N–H and O–H groups in total. The van der Waals surface area contributed by atoms with Gasteiger partial charge in [-0.25, -0.2) is 0 Å². The topological polar surface area (TPSA) is 44.4 Å². The van der Waals surface area contributed by atoms with Gasteiger partial charge in [-0.3, -0.25) is 9.69 Å². The lowest BCUT2D eigenvalue weighted by atomic mass is 10.2. The number of para-hydroxylation sites is 1. The van der Waals surface area contributed by atoms with Crippen LogP contribution >= 0.6 is 24.8 Å². The molecule has 1 aromatic rings. The highest BCUT2D eigenvalue weighted by Gasteiger charge is 2.22. The Labute approximate surface area is 126 Å². The molecule has 1 aromatic carbocycles. The number of carbonyl (C=O) groups excluding carboxylic acids is 1. The van der Waals surface area contributed by atoms with Crippen LogP contribution in [-0.2, 0) is 4.79 Å². The van der Waals surface area contributed by atoms with E-state index in [-0.39, 0.29) is 36.8 Å². The van der Waals surface area contributed by atoms with Gasteiger partial charge in [0.1, 0.15) is 0 Å². The maximum atomic E-state index is 12.0. The predicted octanol–water partition coefficient (Wildman–Crippen LogP) is 1.76. The fourth-order valence-electron chi connectivity index (χ4n) is 2.00. The van der Waals surface area contributed by atoms with Crippen molar-refractivity contribution in [2.24, 2.45) is 0 Å². The van der Waals surface area contributed by atoms with Crippen molar-refractivity contribution in [1.82, 2.24) is 10.2 Å². The first-order valence-corrected chi connectivity index (χ1v) is 6.08. The highest BCUT2D eigenvalue weighted by molar-refractivity contribution is 5.94. The van der Waals surface area contributed by atoms with Crippen LogP contribution < -0.4 is 10.6 Å². The van der Waals surface area contributed by atoms with Gasteiger partial charge < -0.3 is 10.6 Å². The largest absolute Gasteiger partial charge is 0.325 e. The molecule has 1 saturated heterocycles. The summed E-state index contributed by atoms with van der Waals surface area (Å²) in [5.41, 5.74) is 0.861. The van der Waals surface area contributed by atoms with Gasteiger partial charge in [-0.2, -0.15) is 0 Å². The Kier molecular flexibility index (Phi) is 8.76. The number of anilines is 1. The average Bonchev–Trinajstić information content (AvgIpc) is 2.40. The second kappa shape index (κ2) is 9.15. The molecule has 1 heterocycles. The zero-order valence-corrected chi connectivity index (χ0v) is 12.6. The summed E-state index contributed by atoms with van der Waals surface area (Å²) in [4.78, 5) is 14.2. The monoisotopic (exact) mass is 305 g/mol. The van der Waals surface area contributed by atoms with E-state index in [1.165, 1.54) is 0 Å². The molecule has 1 aliphatic rings. The van der Waals surface area contributed by atoms with E-state index in [1.54, 1.807) is 0 Å². The first-order valence-electron chi connectivity index (χ1n) is 6.08. The minimum absolute atomic E-state index is 0. The van der Waals surface area contributed by atoms with Crippen molar-refractivity contribution >= 4 is 36.4 Å². The fraction of sp³-hybridized carbons (Fsp3) is 0.462. The lowest BCUT2D eigenvalue weighted by molar-refractivity contribution is -0.120. The van der Waals surface area contributed by atoms with Crippen molar-refractivity contribution < 1.29 is 4.79 Å².